The standard InChI is InChI=1S/C17H15ClF3NO2/c1-10-3-6-13(7-4-10)24-11(2)16(23)22-15-9-12(17(19,20)21)5-8-14(15)18/h3-9,11H,1-2H3,(H,22,23)/t11-/m0/s1. The van der Waals surface area contributed by atoms with E-state index in [4.69, 9.17) is 16.3 Å². The molecule has 0 saturated carbocycles. The average molecular weight is 358 g/mol. The largest absolute Gasteiger partial charge is 0.481 e. The Morgan fingerprint density at radius 2 is 1.79 bits per heavy atom. The maximum absolute atomic E-state index is 12.7. The van der Waals surface area contributed by atoms with Crippen LogP contribution >= 0.6 is 11.6 Å². The molecule has 7 heteroatoms. The molecule has 0 aliphatic heterocycles. The lowest BCUT2D eigenvalue weighted by atomic mass is 10.2. The Morgan fingerprint density at radius 1 is 1.17 bits per heavy atom. The first-order valence-corrected chi connectivity index (χ1v) is 7.45. The van der Waals surface area contributed by atoms with E-state index in [-0.39, 0.29) is 10.7 Å². The third-order valence-corrected chi connectivity index (χ3v) is 3.58. The fraction of sp³-hybridized carbons (Fsp3) is 0.235. The summed E-state index contributed by atoms with van der Waals surface area (Å²) >= 11 is 5.85. The lowest BCUT2D eigenvalue weighted by molar-refractivity contribution is -0.137. The highest BCUT2D eigenvalue weighted by Crippen LogP contribution is 2.33. The van der Waals surface area contributed by atoms with Crippen LogP contribution in [0, 0.1) is 6.92 Å². The Labute approximate surface area is 142 Å². The smallest absolute Gasteiger partial charge is 0.416 e. The van der Waals surface area contributed by atoms with Crippen molar-refractivity contribution >= 4 is 23.2 Å². The first-order chi connectivity index (χ1) is 11.2. The molecule has 0 radical (unpaired) electrons. The van der Waals surface area contributed by atoms with Gasteiger partial charge in [0.1, 0.15) is 5.75 Å². The van der Waals surface area contributed by atoms with E-state index in [0.717, 1.165) is 23.8 Å². The number of hydrogen-bond donors (Lipinski definition) is 1. The molecule has 1 amide bonds. The predicted molar refractivity (Wildman–Crippen MR) is 86.4 cm³/mol. The minimum absolute atomic E-state index is 0.0129. The van der Waals surface area contributed by atoms with Gasteiger partial charge in [-0.25, -0.2) is 0 Å². The molecule has 0 aromatic heterocycles. The van der Waals surface area contributed by atoms with Gasteiger partial charge in [0.15, 0.2) is 6.10 Å². The van der Waals surface area contributed by atoms with Gasteiger partial charge in [-0.15, -0.1) is 0 Å². The van der Waals surface area contributed by atoms with E-state index >= 15 is 0 Å². The van der Waals surface area contributed by atoms with Gasteiger partial charge >= 0.3 is 6.18 Å². The molecule has 0 bridgehead atoms. The van der Waals surface area contributed by atoms with Crippen molar-refractivity contribution in [2.24, 2.45) is 0 Å². The first-order valence-electron chi connectivity index (χ1n) is 7.08. The Kier molecular flexibility index (Phi) is 5.39. The highest BCUT2D eigenvalue weighted by atomic mass is 35.5. The van der Waals surface area contributed by atoms with Gasteiger partial charge in [0.05, 0.1) is 16.3 Å². The molecule has 0 aliphatic carbocycles. The van der Waals surface area contributed by atoms with Crippen LogP contribution in [0.5, 0.6) is 5.75 Å². The normalized spacial score (nSPS) is 12.6. The lowest BCUT2D eigenvalue weighted by Crippen LogP contribution is -2.30. The summed E-state index contributed by atoms with van der Waals surface area (Å²) in [6, 6.07) is 9.79. The monoisotopic (exact) mass is 357 g/mol. The molecule has 0 spiro atoms. The zero-order valence-corrected chi connectivity index (χ0v) is 13.7. The summed E-state index contributed by atoms with van der Waals surface area (Å²) in [6.45, 7) is 3.41. The van der Waals surface area contributed by atoms with Crippen LogP contribution in [0.15, 0.2) is 42.5 Å². The highest BCUT2D eigenvalue weighted by Gasteiger charge is 2.31. The number of anilines is 1. The van der Waals surface area contributed by atoms with E-state index in [1.54, 1.807) is 12.1 Å². The van der Waals surface area contributed by atoms with Crippen LogP contribution in [0.4, 0.5) is 18.9 Å². The molecule has 24 heavy (non-hydrogen) atoms. The molecule has 0 aliphatic rings. The van der Waals surface area contributed by atoms with Gasteiger partial charge in [-0.3, -0.25) is 4.79 Å². The SMILES string of the molecule is Cc1ccc(O[C@@H](C)C(=O)Nc2cc(C(F)(F)F)ccc2Cl)cc1. The van der Waals surface area contributed by atoms with Crippen LogP contribution in [0.2, 0.25) is 5.02 Å². The summed E-state index contributed by atoms with van der Waals surface area (Å²) in [6.07, 6.45) is -5.42. The fourth-order valence-electron chi connectivity index (χ4n) is 1.91. The number of carbonyl (C=O) groups is 1. The van der Waals surface area contributed by atoms with Gasteiger partial charge in [-0.05, 0) is 44.2 Å². The van der Waals surface area contributed by atoms with Crippen LogP contribution < -0.4 is 10.1 Å². The Morgan fingerprint density at radius 3 is 2.38 bits per heavy atom. The number of nitrogens with one attached hydrogen (secondary N) is 1. The Balaban J connectivity index is 2.09. The van der Waals surface area contributed by atoms with Gasteiger partial charge in [-0.1, -0.05) is 29.3 Å². The lowest BCUT2D eigenvalue weighted by Gasteiger charge is -2.16. The molecular weight excluding hydrogens is 343 g/mol. The molecule has 0 fully saturated rings. The average Bonchev–Trinajstić information content (AvgIpc) is 2.50. The number of amides is 1. The number of aryl methyl sites for hydroxylation is 1. The van der Waals surface area contributed by atoms with Crippen molar-refractivity contribution in [3.05, 3.63) is 58.6 Å². The second-order valence-corrected chi connectivity index (χ2v) is 5.66. The summed E-state index contributed by atoms with van der Waals surface area (Å²) in [5.41, 5.74) is 0.0281. The maximum atomic E-state index is 12.7. The van der Waals surface area contributed by atoms with E-state index in [1.165, 1.54) is 6.92 Å². The summed E-state index contributed by atoms with van der Waals surface area (Å²) in [4.78, 5) is 12.1. The minimum atomic E-state index is -4.52. The summed E-state index contributed by atoms with van der Waals surface area (Å²) in [7, 11) is 0. The van der Waals surface area contributed by atoms with Crippen LogP contribution in [-0.4, -0.2) is 12.0 Å². The van der Waals surface area contributed by atoms with E-state index in [1.807, 2.05) is 19.1 Å². The second kappa shape index (κ2) is 7.13. The molecular formula is C17H15ClF3NO2. The molecule has 0 saturated heterocycles. The molecule has 2 aromatic carbocycles. The van der Waals surface area contributed by atoms with Crippen molar-refractivity contribution in [1.29, 1.82) is 0 Å². The van der Waals surface area contributed by atoms with Crippen molar-refractivity contribution in [1.82, 2.24) is 0 Å². The first kappa shape index (κ1) is 18.1. The minimum Gasteiger partial charge on any atom is -0.481 e. The Hall–Kier alpha value is -2.21. The molecule has 1 N–H and O–H groups in total. The number of halogens is 4. The van der Waals surface area contributed by atoms with Crippen LogP contribution in [0.25, 0.3) is 0 Å². The molecule has 0 unspecified atom stereocenters. The third kappa shape index (κ3) is 4.64. The number of benzene rings is 2. The number of ether oxygens (including phenoxy) is 1. The van der Waals surface area contributed by atoms with Crippen molar-refractivity contribution in [2.45, 2.75) is 26.1 Å². The maximum Gasteiger partial charge on any atom is 0.416 e. The van der Waals surface area contributed by atoms with Crippen molar-refractivity contribution in [3.8, 4) is 5.75 Å². The molecule has 128 valence electrons. The molecule has 3 nitrogen and oxygen atoms in total. The summed E-state index contributed by atoms with van der Waals surface area (Å²) in [5, 5.41) is 2.37. The van der Waals surface area contributed by atoms with E-state index in [0.29, 0.717) is 5.75 Å². The van der Waals surface area contributed by atoms with E-state index < -0.39 is 23.8 Å². The Bertz CT molecular complexity index is 730. The van der Waals surface area contributed by atoms with Crippen molar-refractivity contribution in [2.75, 3.05) is 5.32 Å². The molecule has 2 aromatic rings. The zero-order chi connectivity index (χ0) is 17.9. The summed E-state index contributed by atoms with van der Waals surface area (Å²) in [5.74, 6) is -0.116. The molecule has 0 heterocycles. The molecule has 2 rings (SSSR count). The number of hydrogen-bond acceptors (Lipinski definition) is 2. The van der Waals surface area contributed by atoms with Gasteiger partial charge in [0, 0.05) is 0 Å². The van der Waals surface area contributed by atoms with Crippen LogP contribution in [0.3, 0.4) is 0 Å². The number of rotatable bonds is 4. The fourth-order valence-corrected chi connectivity index (χ4v) is 2.07. The van der Waals surface area contributed by atoms with Gasteiger partial charge in [0.2, 0.25) is 0 Å². The number of carbonyl (C=O) groups excluding carboxylic acids is 1. The highest BCUT2D eigenvalue weighted by molar-refractivity contribution is 6.33. The van der Waals surface area contributed by atoms with Crippen molar-refractivity contribution < 1.29 is 22.7 Å². The molecule has 1 atom stereocenters. The van der Waals surface area contributed by atoms with E-state index in [2.05, 4.69) is 5.32 Å². The van der Waals surface area contributed by atoms with Crippen molar-refractivity contribution in [3.63, 3.8) is 0 Å². The van der Waals surface area contributed by atoms with Gasteiger partial charge in [-0.2, -0.15) is 13.2 Å². The third-order valence-electron chi connectivity index (χ3n) is 3.25. The summed E-state index contributed by atoms with van der Waals surface area (Å²) < 4.78 is 43.7. The zero-order valence-electron chi connectivity index (χ0n) is 12.9. The number of alkyl halides is 3. The van der Waals surface area contributed by atoms with Crippen LogP contribution in [-0.2, 0) is 11.0 Å². The van der Waals surface area contributed by atoms with E-state index in [9.17, 15) is 18.0 Å². The quantitative estimate of drug-likeness (QED) is 0.829. The van der Waals surface area contributed by atoms with Gasteiger partial charge < -0.3 is 10.1 Å². The topological polar surface area (TPSA) is 38.3 Å². The second-order valence-electron chi connectivity index (χ2n) is 5.25. The van der Waals surface area contributed by atoms with Crippen LogP contribution in [0.1, 0.15) is 18.1 Å². The van der Waals surface area contributed by atoms with Gasteiger partial charge in [0.25, 0.3) is 5.91 Å². The predicted octanol–water partition coefficient (Wildman–Crippen LogP) is 5.07.